The van der Waals surface area contributed by atoms with E-state index in [4.69, 9.17) is 4.98 Å². The van der Waals surface area contributed by atoms with Gasteiger partial charge >= 0.3 is 0 Å². The van der Waals surface area contributed by atoms with E-state index < -0.39 is 0 Å². The van der Waals surface area contributed by atoms with Crippen LogP contribution in [0.2, 0.25) is 0 Å². The van der Waals surface area contributed by atoms with Crippen LogP contribution in [0.5, 0.6) is 0 Å². The lowest BCUT2D eigenvalue weighted by Crippen LogP contribution is -2.29. The minimum Gasteiger partial charge on any atom is -0.309 e. The van der Waals surface area contributed by atoms with E-state index in [1.807, 2.05) is 0 Å². The molecule has 3 heterocycles. The molecule has 0 spiro atoms. The lowest BCUT2D eigenvalue weighted by molar-refractivity contribution is 0.249. The maximum atomic E-state index is 12.6. The second-order valence-corrected chi connectivity index (χ2v) is 8.38. The van der Waals surface area contributed by atoms with Crippen LogP contribution in [0.3, 0.4) is 0 Å². The Morgan fingerprint density at radius 1 is 1.27 bits per heavy atom. The number of aromatic nitrogens is 2. The molecule has 0 bridgehead atoms. The molecular formula is C20H22N4OS. The van der Waals surface area contributed by atoms with Crippen molar-refractivity contribution in [1.29, 1.82) is 0 Å². The summed E-state index contributed by atoms with van der Waals surface area (Å²) in [7, 11) is 0. The Morgan fingerprint density at radius 3 is 2.92 bits per heavy atom. The van der Waals surface area contributed by atoms with Crippen LogP contribution in [0.25, 0.3) is 10.2 Å². The lowest BCUT2D eigenvalue weighted by Gasteiger charge is -2.26. The first-order chi connectivity index (χ1) is 12.8. The molecule has 0 unspecified atom stereocenters. The summed E-state index contributed by atoms with van der Waals surface area (Å²) in [6.45, 7) is 3.49. The molecule has 3 aromatic rings. The van der Waals surface area contributed by atoms with E-state index in [1.165, 1.54) is 28.8 Å². The van der Waals surface area contributed by atoms with E-state index >= 15 is 0 Å². The van der Waals surface area contributed by atoms with E-state index in [0.717, 1.165) is 42.1 Å². The van der Waals surface area contributed by atoms with E-state index in [2.05, 4.69) is 45.5 Å². The van der Waals surface area contributed by atoms with E-state index in [0.29, 0.717) is 12.6 Å². The summed E-state index contributed by atoms with van der Waals surface area (Å²) in [5, 5.41) is 4.24. The van der Waals surface area contributed by atoms with Gasteiger partial charge in [-0.25, -0.2) is 4.98 Å². The molecule has 5 nitrogen and oxygen atoms in total. The molecule has 2 aromatic heterocycles. The second kappa shape index (κ2) is 6.61. The summed E-state index contributed by atoms with van der Waals surface area (Å²) in [4.78, 5) is 25.0. The number of benzene rings is 1. The Bertz CT molecular complexity index is 990. The Labute approximate surface area is 156 Å². The molecule has 26 heavy (non-hydrogen) atoms. The van der Waals surface area contributed by atoms with Gasteiger partial charge in [0.25, 0.3) is 5.56 Å². The number of aromatic amines is 1. The summed E-state index contributed by atoms with van der Waals surface area (Å²) < 4.78 is 0. The number of nitrogens with zero attached hydrogens (tertiary/aromatic N) is 2. The van der Waals surface area contributed by atoms with Crippen LogP contribution in [0.1, 0.15) is 34.7 Å². The van der Waals surface area contributed by atoms with Crippen molar-refractivity contribution >= 4 is 21.6 Å². The number of fused-ring (bicyclic) bond motifs is 3. The average molecular weight is 366 g/mol. The highest BCUT2D eigenvalue weighted by Gasteiger charge is 2.24. The number of hydrogen-bond donors (Lipinski definition) is 2. The molecule has 0 amide bonds. The van der Waals surface area contributed by atoms with Gasteiger partial charge in [0, 0.05) is 30.6 Å². The van der Waals surface area contributed by atoms with Crippen molar-refractivity contribution < 1.29 is 0 Å². The minimum absolute atomic E-state index is 0.0246. The summed E-state index contributed by atoms with van der Waals surface area (Å²) in [5.41, 5.74) is 2.57. The van der Waals surface area contributed by atoms with Crippen LogP contribution < -0.4 is 10.9 Å². The zero-order valence-electron chi connectivity index (χ0n) is 14.6. The molecule has 0 saturated heterocycles. The fourth-order valence-electron chi connectivity index (χ4n) is 3.69. The molecule has 1 saturated carbocycles. The third kappa shape index (κ3) is 3.20. The van der Waals surface area contributed by atoms with Gasteiger partial charge in [0.2, 0.25) is 0 Å². The molecule has 2 N–H and O–H groups in total. The quantitative estimate of drug-likeness (QED) is 0.729. The van der Waals surface area contributed by atoms with Gasteiger partial charge in [0.1, 0.15) is 10.7 Å². The molecule has 134 valence electrons. The van der Waals surface area contributed by atoms with Gasteiger partial charge in [-0.2, -0.15) is 0 Å². The van der Waals surface area contributed by atoms with Gasteiger partial charge in [-0.3, -0.25) is 9.69 Å². The minimum atomic E-state index is 0.0246. The highest BCUT2D eigenvalue weighted by atomic mass is 32.1. The van der Waals surface area contributed by atoms with Gasteiger partial charge in [-0.1, -0.05) is 30.3 Å². The molecule has 1 aliphatic heterocycles. The van der Waals surface area contributed by atoms with Gasteiger partial charge < -0.3 is 10.3 Å². The van der Waals surface area contributed by atoms with Crippen molar-refractivity contribution in [2.45, 2.75) is 44.9 Å². The highest BCUT2D eigenvalue weighted by molar-refractivity contribution is 7.18. The van der Waals surface area contributed by atoms with E-state index in [9.17, 15) is 4.79 Å². The number of nitrogens with one attached hydrogen (secondary N) is 2. The third-order valence-electron chi connectivity index (χ3n) is 5.22. The molecule has 1 aromatic carbocycles. The molecule has 5 rings (SSSR count). The molecule has 2 aliphatic rings. The Morgan fingerprint density at radius 2 is 2.12 bits per heavy atom. The van der Waals surface area contributed by atoms with Gasteiger partial charge in [0.05, 0.1) is 11.9 Å². The van der Waals surface area contributed by atoms with Crippen LogP contribution in [0, 0.1) is 0 Å². The second-order valence-electron chi connectivity index (χ2n) is 7.30. The van der Waals surface area contributed by atoms with Crippen molar-refractivity contribution in [2.24, 2.45) is 0 Å². The third-order valence-corrected chi connectivity index (χ3v) is 6.33. The Balaban J connectivity index is 1.40. The predicted molar refractivity (Wildman–Crippen MR) is 104 cm³/mol. The topological polar surface area (TPSA) is 61.0 Å². The summed E-state index contributed by atoms with van der Waals surface area (Å²) >= 11 is 1.69. The van der Waals surface area contributed by atoms with Crippen molar-refractivity contribution in [3.05, 3.63) is 62.5 Å². The Kier molecular flexibility index (Phi) is 4.11. The van der Waals surface area contributed by atoms with Crippen molar-refractivity contribution in [1.82, 2.24) is 20.2 Å². The highest BCUT2D eigenvalue weighted by Crippen LogP contribution is 2.32. The van der Waals surface area contributed by atoms with Crippen LogP contribution in [-0.2, 0) is 26.1 Å². The smallest absolute Gasteiger partial charge is 0.259 e. The van der Waals surface area contributed by atoms with Gasteiger partial charge in [-0.15, -0.1) is 11.3 Å². The average Bonchev–Trinajstić information content (AvgIpc) is 3.40. The summed E-state index contributed by atoms with van der Waals surface area (Å²) in [6.07, 6.45) is 3.39. The van der Waals surface area contributed by atoms with Crippen LogP contribution in [0.4, 0.5) is 0 Å². The van der Waals surface area contributed by atoms with Crippen molar-refractivity contribution in [2.75, 3.05) is 6.54 Å². The first-order valence-corrected chi connectivity index (χ1v) is 10.1. The Hall–Kier alpha value is -2.02. The fraction of sp³-hybridized carbons (Fsp3) is 0.400. The largest absolute Gasteiger partial charge is 0.309 e. The zero-order chi connectivity index (χ0) is 17.5. The van der Waals surface area contributed by atoms with Crippen molar-refractivity contribution in [3.8, 4) is 0 Å². The summed E-state index contributed by atoms with van der Waals surface area (Å²) in [6, 6.07) is 11.2. The molecular weight excluding hydrogens is 344 g/mol. The van der Waals surface area contributed by atoms with Crippen LogP contribution in [-0.4, -0.2) is 27.5 Å². The maximum Gasteiger partial charge on any atom is 0.259 e. The maximum absolute atomic E-state index is 12.6. The zero-order valence-corrected chi connectivity index (χ0v) is 15.4. The molecule has 0 radical (unpaired) electrons. The number of rotatable bonds is 5. The van der Waals surface area contributed by atoms with Gasteiger partial charge in [-0.05, 0) is 30.4 Å². The lowest BCUT2D eigenvalue weighted by atomic mass is 10.0. The van der Waals surface area contributed by atoms with Crippen LogP contribution in [0.15, 0.2) is 35.1 Å². The SMILES string of the molecule is O=c1[nH]c(CNC2CC2)nc2sc3c(c12)CCN(Cc1ccccc1)C3. The molecule has 1 fully saturated rings. The summed E-state index contributed by atoms with van der Waals surface area (Å²) in [5.74, 6) is 0.758. The van der Waals surface area contributed by atoms with E-state index in [1.54, 1.807) is 11.3 Å². The van der Waals surface area contributed by atoms with Crippen molar-refractivity contribution in [3.63, 3.8) is 0 Å². The normalized spacial score (nSPS) is 17.5. The van der Waals surface area contributed by atoms with Crippen LogP contribution >= 0.6 is 11.3 Å². The first kappa shape index (κ1) is 16.2. The molecule has 1 aliphatic carbocycles. The monoisotopic (exact) mass is 366 g/mol. The molecule has 0 atom stereocenters. The van der Waals surface area contributed by atoms with Gasteiger partial charge in [0.15, 0.2) is 0 Å². The number of H-pyrrole nitrogens is 1. The first-order valence-electron chi connectivity index (χ1n) is 9.29. The standard InChI is InChI=1S/C20H22N4OS/c25-19-18-15-8-9-24(11-13-4-2-1-3-5-13)12-16(15)26-20(18)23-17(22-19)10-21-14-6-7-14/h1-5,14,21H,6-12H2,(H,22,23,25). The van der Waals surface area contributed by atoms with E-state index in [-0.39, 0.29) is 5.56 Å². The predicted octanol–water partition coefficient (Wildman–Crippen LogP) is 2.79. The fourth-order valence-corrected chi connectivity index (χ4v) is 4.97. The number of thiophene rings is 1. The molecule has 6 heteroatoms. The number of hydrogen-bond acceptors (Lipinski definition) is 5.